The van der Waals surface area contributed by atoms with Gasteiger partial charge in [0, 0.05) is 12.8 Å². The fourth-order valence-electron chi connectivity index (χ4n) is 7.19. The zero-order chi connectivity index (χ0) is 50.7. The molecule has 6 unspecified atom stereocenters. The highest BCUT2D eigenvalue weighted by Gasteiger charge is 2.15. The van der Waals surface area contributed by atoms with Gasteiger partial charge in [-0.1, -0.05) is 141 Å². The quantitative estimate of drug-likeness (QED) is 0.0191. The number of allylic oxidation sites excluding steroid dienone is 4. The molecular weight excluding hydrogens is 889 g/mol. The molecule has 0 rings (SSSR count). The fourth-order valence-corrected chi connectivity index (χ4v) is 7.19. The number of ether oxygens (including phenoxy) is 7. The lowest BCUT2D eigenvalue weighted by atomic mass is 10.1. The SMILES string of the molecule is CCCCCCCC/C=C\CCCCCCCC(=O)OCC(O)COCC(O)COCC(O)COCC(O)COCC(O)COCC(O)COC(=O)CCCCCCC/C=C\CCCCCCCC. The number of carbonyl (C=O) groups is 2. The summed E-state index contributed by atoms with van der Waals surface area (Å²) in [6.45, 7) is 2.77. The van der Waals surface area contributed by atoms with Gasteiger partial charge in [-0.3, -0.25) is 9.59 Å². The molecule has 0 aliphatic rings. The molecule has 0 saturated carbocycles. The van der Waals surface area contributed by atoms with Crippen LogP contribution in [0.3, 0.4) is 0 Å². The van der Waals surface area contributed by atoms with Crippen molar-refractivity contribution in [2.45, 2.75) is 230 Å². The van der Waals surface area contributed by atoms with Crippen molar-refractivity contribution in [3.8, 4) is 0 Å². The highest BCUT2D eigenvalue weighted by molar-refractivity contribution is 5.69. The first-order chi connectivity index (χ1) is 33.6. The lowest BCUT2D eigenvalue weighted by molar-refractivity contribution is -0.149. The maximum Gasteiger partial charge on any atom is 0.305 e. The summed E-state index contributed by atoms with van der Waals surface area (Å²) in [7, 11) is 0. The van der Waals surface area contributed by atoms with Crippen LogP contribution >= 0.6 is 0 Å². The molecule has 0 amide bonds. The molecule has 0 radical (unpaired) electrons. The largest absolute Gasteiger partial charge is 0.463 e. The van der Waals surface area contributed by atoms with Crippen molar-refractivity contribution in [3.63, 3.8) is 0 Å². The zero-order valence-corrected chi connectivity index (χ0v) is 43.4. The van der Waals surface area contributed by atoms with Crippen LogP contribution in [0.2, 0.25) is 0 Å². The van der Waals surface area contributed by atoms with Crippen molar-refractivity contribution in [2.24, 2.45) is 0 Å². The molecular formula is C54H102O15. The van der Waals surface area contributed by atoms with E-state index in [0.717, 1.165) is 77.0 Å². The lowest BCUT2D eigenvalue weighted by Crippen LogP contribution is -2.31. The fraction of sp³-hybridized carbons (Fsp3) is 0.889. The van der Waals surface area contributed by atoms with Crippen molar-refractivity contribution in [1.29, 1.82) is 0 Å². The van der Waals surface area contributed by atoms with Gasteiger partial charge >= 0.3 is 11.9 Å². The Morgan fingerprint density at radius 3 is 0.754 bits per heavy atom. The van der Waals surface area contributed by atoms with Crippen LogP contribution in [-0.2, 0) is 42.7 Å². The number of hydrogen-bond donors (Lipinski definition) is 6. The average molecular weight is 991 g/mol. The van der Waals surface area contributed by atoms with Crippen molar-refractivity contribution >= 4 is 11.9 Å². The number of hydrogen-bond acceptors (Lipinski definition) is 15. The summed E-state index contributed by atoms with van der Waals surface area (Å²) in [6, 6.07) is 0. The second-order valence-electron chi connectivity index (χ2n) is 18.6. The molecule has 0 heterocycles. The zero-order valence-electron chi connectivity index (χ0n) is 43.4. The van der Waals surface area contributed by atoms with Gasteiger partial charge in [0.25, 0.3) is 0 Å². The van der Waals surface area contributed by atoms with Crippen LogP contribution in [0.5, 0.6) is 0 Å². The van der Waals surface area contributed by atoms with Crippen LogP contribution in [0.15, 0.2) is 24.3 Å². The average Bonchev–Trinajstić information content (AvgIpc) is 3.32. The van der Waals surface area contributed by atoms with Crippen molar-refractivity contribution in [2.75, 3.05) is 79.3 Å². The predicted molar refractivity (Wildman–Crippen MR) is 271 cm³/mol. The molecule has 69 heavy (non-hydrogen) atoms. The maximum absolute atomic E-state index is 12.0. The molecule has 0 aromatic carbocycles. The van der Waals surface area contributed by atoms with Crippen LogP contribution in [0, 0.1) is 0 Å². The van der Waals surface area contributed by atoms with Crippen molar-refractivity contribution in [1.82, 2.24) is 0 Å². The molecule has 408 valence electrons. The molecule has 6 atom stereocenters. The molecule has 0 aliphatic heterocycles. The summed E-state index contributed by atoms with van der Waals surface area (Å²) >= 11 is 0. The van der Waals surface area contributed by atoms with Gasteiger partial charge in [-0.2, -0.15) is 0 Å². The lowest BCUT2D eigenvalue weighted by Gasteiger charge is -2.18. The van der Waals surface area contributed by atoms with E-state index in [1.165, 1.54) is 89.9 Å². The minimum Gasteiger partial charge on any atom is -0.463 e. The number of carbonyl (C=O) groups excluding carboxylic acids is 2. The highest BCUT2D eigenvalue weighted by Crippen LogP contribution is 2.12. The highest BCUT2D eigenvalue weighted by atomic mass is 16.6. The van der Waals surface area contributed by atoms with E-state index in [1.54, 1.807) is 0 Å². The minimum atomic E-state index is -1.03. The molecule has 0 bridgehead atoms. The first-order valence-electron chi connectivity index (χ1n) is 27.1. The summed E-state index contributed by atoms with van der Waals surface area (Å²) in [5.74, 6) is -0.706. The van der Waals surface area contributed by atoms with E-state index in [4.69, 9.17) is 33.2 Å². The Bertz CT molecular complexity index is 1070. The number of aliphatic hydroxyl groups excluding tert-OH is 6. The van der Waals surface area contributed by atoms with E-state index in [0.29, 0.717) is 12.8 Å². The van der Waals surface area contributed by atoms with Gasteiger partial charge < -0.3 is 63.8 Å². The van der Waals surface area contributed by atoms with Crippen LogP contribution in [0.4, 0.5) is 0 Å². The Balaban J connectivity index is 3.67. The Labute approximate surface area is 418 Å². The van der Waals surface area contributed by atoms with Crippen LogP contribution in [-0.4, -0.2) is 158 Å². The topological polar surface area (TPSA) is 220 Å². The molecule has 0 aromatic heterocycles. The van der Waals surface area contributed by atoms with Crippen LogP contribution in [0.1, 0.15) is 194 Å². The molecule has 15 nitrogen and oxygen atoms in total. The van der Waals surface area contributed by atoms with E-state index >= 15 is 0 Å². The molecule has 0 fully saturated rings. The van der Waals surface area contributed by atoms with E-state index < -0.39 is 36.6 Å². The molecule has 6 N–H and O–H groups in total. The van der Waals surface area contributed by atoms with Crippen LogP contribution in [0.25, 0.3) is 0 Å². The van der Waals surface area contributed by atoms with Crippen molar-refractivity contribution in [3.05, 3.63) is 24.3 Å². The van der Waals surface area contributed by atoms with E-state index in [1.807, 2.05) is 0 Å². The van der Waals surface area contributed by atoms with Gasteiger partial charge in [-0.25, -0.2) is 0 Å². The third-order valence-corrected chi connectivity index (χ3v) is 11.3. The normalized spacial score (nSPS) is 14.6. The Hall–Kier alpha value is -2.02. The monoisotopic (exact) mass is 991 g/mol. The molecule has 0 aliphatic carbocycles. The number of unbranched alkanes of at least 4 members (excludes halogenated alkanes) is 22. The Morgan fingerprint density at radius 1 is 0.304 bits per heavy atom. The van der Waals surface area contributed by atoms with Gasteiger partial charge in [-0.05, 0) is 64.2 Å². The molecule has 15 heteroatoms. The second kappa shape index (κ2) is 52.3. The summed E-state index contributed by atoms with van der Waals surface area (Å²) in [6.07, 6.45) is 34.4. The Kier molecular flexibility index (Phi) is 50.8. The third kappa shape index (κ3) is 52.1. The van der Waals surface area contributed by atoms with E-state index in [9.17, 15) is 40.2 Å². The minimum absolute atomic E-state index is 0.128. The summed E-state index contributed by atoms with van der Waals surface area (Å²) in [4.78, 5) is 24.0. The Morgan fingerprint density at radius 2 is 0.507 bits per heavy atom. The van der Waals surface area contributed by atoms with Gasteiger partial charge in [0.1, 0.15) is 49.8 Å². The van der Waals surface area contributed by atoms with Gasteiger partial charge in [0.05, 0.1) is 66.1 Å². The number of aliphatic hydroxyl groups is 6. The first kappa shape index (κ1) is 67.0. The number of esters is 2. The maximum atomic E-state index is 12.0. The molecule has 0 aromatic rings. The summed E-state index contributed by atoms with van der Waals surface area (Å²) in [5.41, 5.74) is 0. The van der Waals surface area contributed by atoms with E-state index in [-0.39, 0.29) is 91.2 Å². The smallest absolute Gasteiger partial charge is 0.305 e. The van der Waals surface area contributed by atoms with Gasteiger partial charge in [-0.15, -0.1) is 0 Å². The van der Waals surface area contributed by atoms with Gasteiger partial charge in [0.15, 0.2) is 0 Å². The second-order valence-corrected chi connectivity index (χ2v) is 18.6. The van der Waals surface area contributed by atoms with Crippen LogP contribution < -0.4 is 0 Å². The summed E-state index contributed by atoms with van der Waals surface area (Å²) < 4.78 is 36.8. The third-order valence-electron chi connectivity index (χ3n) is 11.3. The first-order valence-corrected chi connectivity index (χ1v) is 27.1. The predicted octanol–water partition coefficient (Wildman–Crippen LogP) is 8.40. The molecule has 0 spiro atoms. The summed E-state index contributed by atoms with van der Waals surface area (Å²) in [5, 5.41) is 60.5. The van der Waals surface area contributed by atoms with E-state index in [2.05, 4.69) is 38.2 Å². The van der Waals surface area contributed by atoms with Gasteiger partial charge in [0.2, 0.25) is 0 Å². The van der Waals surface area contributed by atoms with Crippen molar-refractivity contribution < 1.29 is 73.4 Å². The standard InChI is InChI=1S/C54H102O15/c1-3-5-7-9-11-13-15-17-19-21-23-25-27-29-31-33-53(61)68-45-51(59)43-66-41-49(57)39-64-37-47(55)35-63-36-48(56)38-65-40-50(58)42-67-44-52(60)46-69-54(62)34-32-30-28-26-24-22-20-18-16-14-12-10-8-6-4-2/h17-20,47-52,55-60H,3-16,21-46H2,1-2H3/b19-17-,20-18-. The molecule has 0 saturated heterocycles. The number of rotatable bonds is 54.